The van der Waals surface area contributed by atoms with E-state index in [1.807, 2.05) is 6.07 Å². The van der Waals surface area contributed by atoms with Crippen molar-refractivity contribution in [2.45, 2.75) is 0 Å². The fourth-order valence-corrected chi connectivity index (χ4v) is 1.84. The first-order chi connectivity index (χ1) is 8.17. The zero-order valence-corrected chi connectivity index (χ0v) is 10.2. The summed E-state index contributed by atoms with van der Waals surface area (Å²) >= 11 is 6.05. The molecule has 0 amide bonds. The van der Waals surface area contributed by atoms with Gasteiger partial charge in [-0.3, -0.25) is 0 Å². The fourth-order valence-electron chi connectivity index (χ4n) is 1.59. The van der Waals surface area contributed by atoms with Crippen LogP contribution in [0.4, 0.5) is 0 Å². The van der Waals surface area contributed by atoms with Gasteiger partial charge in [0.25, 0.3) is 0 Å². The van der Waals surface area contributed by atoms with Crippen molar-refractivity contribution in [1.82, 2.24) is 9.55 Å². The third-order valence-corrected chi connectivity index (χ3v) is 2.81. The minimum atomic E-state index is 0.506. The Kier molecular flexibility index (Phi) is 3.03. The predicted octanol–water partition coefficient (Wildman–Crippen LogP) is 2.62. The molecular weight excluding hydrogens is 238 g/mol. The summed E-state index contributed by atoms with van der Waals surface area (Å²) in [6, 6.07) is 7.46. The zero-order valence-electron chi connectivity index (χ0n) is 9.44. The lowest BCUT2D eigenvalue weighted by Gasteiger charge is -2.06. The lowest BCUT2D eigenvalue weighted by atomic mass is 10.2. The summed E-state index contributed by atoms with van der Waals surface area (Å²) in [6.45, 7) is 0. The number of nitriles is 1. The zero-order chi connectivity index (χ0) is 12.4. The predicted molar refractivity (Wildman–Crippen MR) is 64.9 cm³/mol. The summed E-state index contributed by atoms with van der Waals surface area (Å²) in [5.74, 6) is 1.32. The van der Waals surface area contributed by atoms with Gasteiger partial charge < -0.3 is 9.30 Å². The Hall–Kier alpha value is -1.99. The molecule has 0 radical (unpaired) electrons. The average molecular weight is 248 g/mol. The van der Waals surface area contributed by atoms with Gasteiger partial charge in [-0.05, 0) is 18.2 Å². The smallest absolute Gasteiger partial charge is 0.140 e. The highest BCUT2D eigenvalue weighted by atomic mass is 35.5. The van der Waals surface area contributed by atoms with Crippen molar-refractivity contribution in [3.8, 4) is 23.2 Å². The number of imidazole rings is 1. The van der Waals surface area contributed by atoms with Crippen molar-refractivity contribution in [3.63, 3.8) is 0 Å². The van der Waals surface area contributed by atoms with Gasteiger partial charge in [0.1, 0.15) is 23.3 Å². The fraction of sp³-hybridized carbons (Fsp3) is 0.167. The van der Waals surface area contributed by atoms with Crippen LogP contribution in [0.15, 0.2) is 24.4 Å². The quantitative estimate of drug-likeness (QED) is 0.820. The summed E-state index contributed by atoms with van der Waals surface area (Å²) in [5.41, 5.74) is 1.35. The second-order valence-corrected chi connectivity index (χ2v) is 3.89. The van der Waals surface area contributed by atoms with Crippen LogP contribution in [-0.4, -0.2) is 16.7 Å². The van der Waals surface area contributed by atoms with Gasteiger partial charge in [-0.2, -0.15) is 5.26 Å². The average Bonchev–Trinajstić information content (AvgIpc) is 2.70. The van der Waals surface area contributed by atoms with Crippen molar-refractivity contribution in [2.24, 2.45) is 7.05 Å². The van der Waals surface area contributed by atoms with Gasteiger partial charge in [0, 0.05) is 12.6 Å². The molecule has 0 saturated heterocycles. The van der Waals surface area contributed by atoms with Crippen molar-refractivity contribution in [2.75, 3.05) is 7.11 Å². The summed E-state index contributed by atoms with van der Waals surface area (Å²) in [6.07, 6.45) is 1.54. The lowest BCUT2D eigenvalue weighted by molar-refractivity contribution is 0.415. The largest absolute Gasteiger partial charge is 0.495 e. The van der Waals surface area contributed by atoms with Crippen LogP contribution in [0.1, 0.15) is 5.69 Å². The second-order valence-electron chi connectivity index (χ2n) is 3.49. The van der Waals surface area contributed by atoms with Crippen LogP contribution < -0.4 is 4.74 Å². The number of aromatic nitrogens is 2. The highest BCUT2D eigenvalue weighted by Gasteiger charge is 2.10. The van der Waals surface area contributed by atoms with Crippen LogP contribution in [0.5, 0.6) is 5.75 Å². The van der Waals surface area contributed by atoms with Crippen LogP contribution in [0.2, 0.25) is 5.02 Å². The van der Waals surface area contributed by atoms with Gasteiger partial charge in [0.2, 0.25) is 0 Å². The number of rotatable bonds is 2. The number of hydrogen-bond acceptors (Lipinski definition) is 3. The molecule has 1 aromatic heterocycles. The molecule has 2 rings (SSSR count). The molecule has 0 fully saturated rings. The molecule has 0 spiro atoms. The summed E-state index contributed by atoms with van der Waals surface area (Å²) in [4.78, 5) is 4.19. The van der Waals surface area contributed by atoms with Gasteiger partial charge in [0.15, 0.2) is 0 Å². The molecule has 0 bridgehead atoms. The number of nitrogens with zero attached hydrogens (tertiary/aromatic N) is 3. The first-order valence-electron chi connectivity index (χ1n) is 4.93. The van der Waals surface area contributed by atoms with Gasteiger partial charge in [-0.15, -0.1) is 0 Å². The highest BCUT2D eigenvalue weighted by molar-refractivity contribution is 6.32. The lowest BCUT2D eigenvalue weighted by Crippen LogP contribution is -1.95. The van der Waals surface area contributed by atoms with E-state index < -0.39 is 0 Å². The topological polar surface area (TPSA) is 50.8 Å². The number of benzene rings is 1. The Morgan fingerprint density at radius 2 is 2.24 bits per heavy atom. The molecule has 4 nitrogen and oxygen atoms in total. The van der Waals surface area contributed by atoms with E-state index >= 15 is 0 Å². The maximum Gasteiger partial charge on any atom is 0.140 e. The van der Waals surface area contributed by atoms with E-state index in [-0.39, 0.29) is 0 Å². The Morgan fingerprint density at radius 1 is 1.47 bits per heavy atom. The van der Waals surface area contributed by atoms with Gasteiger partial charge in [-0.1, -0.05) is 11.6 Å². The summed E-state index contributed by atoms with van der Waals surface area (Å²) in [7, 11) is 3.36. The van der Waals surface area contributed by atoms with E-state index in [9.17, 15) is 0 Å². The van der Waals surface area contributed by atoms with Crippen LogP contribution in [0, 0.1) is 11.3 Å². The highest BCUT2D eigenvalue weighted by Crippen LogP contribution is 2.29. The van der Waals surface area contributed by atoms with Crippen molar-refractivity contribution >= 4 is 11.6 Å². The standard InChI is InChI=1S/C12H10ClN3O/c1-16-9(6-14)7-15-12(16)8-3-4-11(17-2)10(13)5-8/h3-5,7H,1-2H3. The molecule has 0 aliphatic rings. The van der Waals surface area contributed by atoms with Crippen LogP contribution in [0.25, 0.3) is 11.4 Å². The minimum absolute atomic E-state index is 0.506. The maximum atomic E-state index is 8.86. The second kappa shape index (κ2) is 4.48. The molecule has 86 valence electrons. The monoisotopic (exact) mass is 247 g/mol. The Morgan fingerprint density at radius 3 is 2.76 bits per heavy atom. The van der Waals surface area contributed by atoms with Crippen LogP contribution >= 0.6 is 11.6 Å². The van der Waals surface area contributed by atoms with Gasteiger partial charge >= 0.3 is 0 Å². The molecule has 0 saturated carbocycles. The Balaban J connectivity index is 2.51. The molecule has 0 aliphatic carbocycles. The van der Waals surface area contributed by atoms with Crippen LogP contribution in [0.3, 0.4) is 0 Å². The van der Waals surface area contributed by atoms with E-state index in [0.29, 0.717) is 22.3 Å². The van der Waals surface area contributed by atoms with Gasteiger partial charge in [0.05, 0.1) is 18.3 Å². The molecule has 0 atom stereocenters. The SMILES string of the molecule is COc1ccc(-c2ncc(C#N)n2C)cc1Cl. The molecule has 5 heteroatoms. The van der Waals surface area contributed by atoms with Crippen LogP contribution in [-0.2, 0) is 7.05 Å². The Labute approximate surface area is 104 Å². The molecule has 0 N–H and O–H groups in total. The maximum absolute atomic E-state index is 8.86. The van der Waals surface area contributed by atoms with E-state index in [4.69, 9.17) is 21.6 Å². The molecule has 1 heterocycles. The molecule has 0 unspecified atom stereocenters. The normalized spacial score (nSPS) is 10.0. The number of methoxy groups -OCH3 is 1. The molecule has 2 aromatic rings. The van der Waals surface area contributed by atoms with Crippen molar-refractivity contribution < 1.29 is 4.74 Å². The molecular formula is C12H10ClN3O. The first-order valence-corrected chi connectivity index (χ1v) is 5.31. The van der Waals surface area contributed by atoms with E-state index in [1.54, 1.807) is 30.9 Å². The minimum Gasteiger partial charge on any atom is -0.495 e. The first kappa shape index (κ1) is 11.5. The van der Waals surface area contributed by atoms with Crippen molar-refractivity contribution in [3.05, 3.63) is 35.1 Å². The molecule has 17 heavy (non-hydrogen) atoms. The van der Waals surface area contributed by atoms with Crippen molar-refractivity contribution in [1.29, 1.82) is 5.26 Å². The third-order valence-electron chi connectivity index (χ3n) is 2.51. The molecule has 0 aliphatic heterocycles. The van der Waals surface area contributed by atoms with E-state index in [2.05, 4.69) is 11.1 Å². The molecule has 1 aromatic carbocycles. The van der Waals surface area contributed by atoms with Gasteiger partial charge in [-0.25, -0.2) is 4.98 Å². The third kappa shape index (κ3) is 1.97. The number of ether oxygens (including phenoxy) is 1. The number of halogens is 1. The Bertz CT molecular complexity index is 598. The number of hydrogen-bond donors (Lipinski definition) is 0. The summed E-state index contributed by atoms with van der Waals surface area (Å²) < 4.78 is 6.80. The van der Waals surface area contributed by atoms with E-state index in [0.717, 1.165) is 5.56 Å². The van der Waals surface area contributed by atoms with E-state index in [1.165, 1.54) is 6.20 Å². The summed E-state index contributed by atoms with van der Waals surface area (Å²) in [5, 5.41) is 9.38.